The number of fused-ring (bicyclic) bond motifs is 3. The van der Waals surface area contributed by atoms with Crippen LogP contribution in [-0.2, 0) is 17.8 Å². The second-order valence-electron chi connectivity index (χ2n) is 7.19. The molecule has 1 amide bonds. The molecule has 1 aromatic heterocycles. The van der Waals surface area contributed by atoms with Gasteiger partial charge in [-0.3, -0.25) is 4.79 Å². The molecule has 0 aliphatic carbocycles. The number of H-pyrrole nitrogens is 1. The predicted molar refractivity (Wildman–Crippen MR) is 92.2 cm³/mol. The van der Waals surface area contributed by atoms with Crippen LogP contribution in [0.15, 0.2) is 24.3 Å². The average molecular weight is 311 g/mol. The molecule has 0 saturated carbocycles. The molecule has 1 aromatic carbocycles. The Morgan fingerprint density at radius 2 is 2.09 bits per heavy atom. The molecule has 2 aromatic rings. The van der Waals surface area contributed by atoms with Gasteiger partial charge < -0.3 is 14.8 Å². The van der Waals surface area contributed by atoms with Gasteiger partial charge in [0.15, 0.2) is 0 Å². The SMILES string of the molecule is C[C@@H]1C[C@H](C(=O)N2CCc3c([nH]c4ccccc34)C2)CCN1C. The number of nitrogens with one attached hydrogen (secondary N) is 1. The Balaban J connectivity index is 1.52. The number of likely N-dealkylation sites (tertiary alicyclic amines) is 1. The molecule has 0 unspecified atom stereocenters. The number of hydrogen-bond donors (Lipinski definition) is 1. The topological polar surface area (TPSA) is 39.3 Å². The zero-order chi connectivity index (χ0) is 16.0. The van der Waals surface area contributed by atoms with Crippen molar-refractivity contribution in [3.8, 4) is 0 Å². The van der Waals surface area contributed by atoms with Gasteiger partial charge in [0, 0.05) is 35.1 Å². The van der Waals surface area contributed by atoms with Crippen LogP contribution in [0.1, 0.15) is 31.0 Å². The van der Waals surface area contributed by atoms with E-state index in [1.54, 1.807) is 0 Å². The summed E-state index contributed by atoms with van der Waals surface area (Å²) in [5, 5.41) is 1.32. The summed E-state index contributed by atoms with van der Waals surface area (Å²) in [4.78, 5) is 20.9. The number of rotatable bonds is 1. The minimum Gasteiger partial charge on any atom is -0.357 e. The smallest absolute Gasteiger partial charge is 0.226 e. The lowest BCUT2D eigenvalue weighted by Gasteiger charge is -2.37. The number of benzene rings is 1. The highest BCUT2D eigenvalue weighted by Gasteiger charge is 2.32. The van der Waals surface area contributed by atoms with Gasteiger partial charge in [-0.15, -0.1) is 0 Å². The van der Waals surface area contributed by atoms with E-state index >= 15 is 0 Å². The lowest BCUT2D eigenvalue weighted by atomic mass is 9.90. The number of nitrogens with zero attached hydrogens (tertiary/aromatic N) is 2. The molecule has 1 saturated heterocycles. The van der Waals surface area contributed by atoms with Crippen LogP contribution < -0.4 is 0 Å². The summed E-state index contributed by atoms with van der Waals surface area (Å²) in [5.41, 5.74) is 3.83. The van der Waals surface area contributed by atoms with Crippen molar-refractivity contribution in [3.05, 3.63) is 35.5 Å². The number of aromatic nitrogens is 1. The minimum atomic E-state index is 0.201. The van der Waals surface area contributed by atoms with E-state index in [2.05, 4.69) is 53.0 Å². The van der Waals surface area contributed by atoms with E-state index in [9.17, 15) is 4.79 Å². The van der Waals surface area contributed by atoms with Gasteiger partial charge in [-0.25, -0.2) is 0 Å². The zero-order valence-electron chi connectivity index (χ0n) is 14.0. The second-order valence-corrected chi connectivity index (χ2v) is 7.19. The summed E-state index contributed by atoms with van der Waals surface area (Å²) >= 11 is 0. The normalized spacial score (nSPS) is 25.6. The lowest BCUT2D eigenvalue weighted by Crippen LogP contribution is -2.46. The van der Waals surface area contributed by atoms with Gasteiger partial charge in [0.1, 0.15) is 0 Å². The Morgan fingerprint density at radius 3 is 2.91 bits per heavy atom. The third kappa shape index (κ3) is 2.55. The maximum atomic E-state index is 12.9. The summed E-state index contributed by atoms with van der Waals surface area (Å²) in [6.45, 7) is 4.85. The number of aromatic amines is 1. The number of para-hydroxylation sites is 1. The molecule has 23 heavy (non-hydrogen) atoms. The van der Waals surface area contributed by atoms with Crippen molar-refractivity contribution in [2.24, 2.45) is 5.92 Å². The van der Waals surface area contributed by atoms with E-state index in [-0.39, 0.29) is 5.92 Å². The molecule has 0 radical (unpaired) electrons. The molecule has 0 bridgehead atoms. The van der Waals surface area contributed by atoms with Crippen LogP contribution in [0.4, 0.5) is 0 Å². The van der Waals surface area contributed by atoms with Gasteiger partial charge in [-0.05, 0) is 51.4 Å². The molecule has 2 atom stereocenters. The molecule has 4 heteroatoms. The summed E-state index contributed by atoms with van der Waals surface area (Å²) in [6, 6.07) is 8.96. The largest absolute Gasteiger partial charge is 0.357 e. The van der Waals surface area contributed by atoms with Gasteiger partial charge >= 0.3 is 0 Å². The maximum Gasteiger partial charge on any atom is 0.226 e. The number of carbonyl (C=O) groups excluding carboxylic acids is 1. The molecule has 4 rings (SSSR count). The van der Waals surface area contributed by atoms with Crippen LogP contribution >= 0.6 is 0 Å². The number of piperidine rings is 1. The average Bonchev–Trinajstić information content (AvgIpc) is 2.94. The number of carbonyl (C=O) groups is 1. The van der Waals surface area contributed by atoms with Crippen molar-refractivity contribution < 1.29 is 4.79 Å². The Bertz CT molecular complexity index is 735. The van der Waals surface area contributed by atoms with Gasteiger partial charge in [-0.1, -0.05) is 18.2 Å². The minimum absolute atomic E-state index is 0.201. The molecule has 2 aliphatic rings. The highest BCUT2D eigenvalue weighted by atomic mass is 16.2. The number of amides is 1. The molecule has 1 fully saturated rings. The van der Waals surface area contributed by atoms with Crippen molar-refractivity contribution >= 4 is 16.8 Å². The Morgan fingerprint density at radius 1 is 1.26 bits per heavy atom. The first-order valence-corrected chi connectivity index (χ1v) is 8.71. The van der Waals surface area contributed by atoms with Crippen LogP contribution in [0.2, 0.25) is 0 Å². The van der Waals surface area contributed by atoms with Gasteiger partial charge in [0.05, 0.1) is 6.54 Å². The van der Waals surface area contributed by atoms with Gasteiger partial charge in [0.25, 0.3) is 0 Å². The highest BCUT2D eigenvalue weighted by Crippen LogP contribution is 2.30. The first-order valence-electron chi connectivity index (χ1n) is 8.71. The molecule has 1 N–H and O–H groups in total. The van der Waals surface area contributed by atoms with E-state index in [1.165, 1.54) is 22.2 Å². The second kappa shape index (κ2) is 5.68. The van der Waals surface area contributed by atoms with E-state index < -0.39 is 0 Å². The number of hydrogen-bond acceptors (Lipinski definition) is 2. The van der Waals surface area contributed by atoms with Crippen molar-refractivity contribution in [2.45, 2.75) is 38.8 Å². The third-order valence-electron chi connectivity index (χ3n) is 5.75. The van der Waals surface area contributed by atoms with E-state index in [1.807, 2.05) is 0 Å². The van der Waals surface area contributed by atoms with Crippen molar-refractivity contribution in [3.63, 3.8) is 0 Å². The third-order valence-corrected chi connectivity index (χ3v) is 5.75. The Kier molecular flexibility index (Phi) is 3.64. The molecule has 2 aliphatic heterocycles. The fraction of sp³-hybridized carbons (Fsp3) is 0.526. The summed E-state index contributed by atoms with van der Waals surface area (Å²) in [6.07, 6.45) is 2.95. The predicted octanol–water partition coefficient (Wildman–Crippen LogP) is 2.78. The van der Waals surface area contributed by atoms with E-state index in [4.69, 9.17) is 0 Å². The lowest BCUT2D eigenvalue weighted by molar-refractivity contribution is -0.138. The standard InChI is InChI=1S/C19H25N3O/c1-13-11-14(7-9-21(13)2)19(23)22-10-8-16-15-5-3-4-6-17(15)20-18(16)12-22/h3-6,13-14,20H,7-12H2,1-2H3/t13-,14-/m1/s1. The van der Waals surface area contributed by atoms with Crippen molar-refractivity contribution in [1.29, 1.82) is 0 Å². The molecular weight excluding hydrogens is 286 g/mol. The van der Waals surface area contributed by atoms with Crippen molar-refractivity contribution in [2.75, 3.05) is 20.1 Å². The first-order chi connectivity index (χ1) is 11.1. The summed E-state index contributed by atoms with van der Waals surface area (Å²) in [5.74, 6) is 0.557. The first kappa shape index (κ1) is 14.8. The van der Waals surface area contributed by atoms with E-state index in [0.29, 0.717) is 11.9 Å². The fourth-order valence-electron chi connectivity index (χ4n) is 4.15. The Labute approximate surface area is 137 Å². The molecular formula is C19H25N3O. The molecule has 4 nitrogen and oxygen atoms in total. The Hall–Kier alpha value is -1.81. The molecule has 122 valence electrons. The quantitative estimate of drug-likeness (QED) is 0.879. The van der Waals surface area contributed by atoms with Gasteiger partial charge in [0.2, 0.25) is 5.91 Å². The van der Waals surface area contributed by atoms with Crippen LogP contribution in [0.3, 0.4) is 0 Å². The van der Waals surface area contributed by atoms with Crippen LogP contribution in [-0.4, -0.2) is 46.9 Å². The highest BCUT2D eigenvalue weighted by molar-refractivity contribution is 5.86. The van der Waals surface area contributed by atoms with E-state index in [0.717, 1.165) is 38.9 Å². The molecule has 3 heterocycles. The monoisotopic (exact) mass is 311 g/mol. The fourth-order valence-corrected chi connectivity index (χ4v) is 4.15. The zero-order valence-corrected chi connectivity index (χ0v) is 14.0. The molecule has 0 spiro atoms. The van der Waals surface area contributed by atoms with Gasteiger partial charge in [-0.2, -0.15) is 0 Å². The summed E-state index contributed by atoms with van der Waals surface area (Å²) in [7, 11) is 2.16. The summed E-state index contributed by atoms with van der Waals surface area (Å²) < 4.78 is 0. The van der Waals surface area contributed by atoms with Crippen molar-refractivity contribution in [1.82, 2.24) is 14.8 Å². The van der Waals surface area contributed by atoms with Crippen LogP contribution in [0, 0.1) is 5.92 Å². The van der Waals surface area contributed by atoms with Crippen LogP contribution in [0.25, 0.3) is 10.9 Å². The van der Waals surface area contributed by atoms with Crippen LogP contribution in [0.5, 0.6) is 0 Å². The maximum absolute atomic E-state index is 12.9.